The molecule has 4 aromatic rings. The summed E-state index contributed by atoms with van der Waals surface area (Å²) in [5.41, 5.74) is 0.484. The van der Waals surface area contributed by atoms with Crippen LogP contribution in [0.1, 0.15) is 10.6 Å². The summed E-state index contributed by atoms with van der Waals surface area (Å²) >= 11 is 1.46. The number of carbonyl (C=O) groups is 1. The molecule has 0 saturated carbocycles. The predicted octanol–water partition coefficient (Wildman–Crippen LogP) is 3.12. The minimum atomic E-state index is -0.489. The summed E-state index contributed by atoms with van der Waals surface area (Å²) in [5.74, 6) is -0.0383. The molecule has 26 heavy (non-hydrogen) atoms. The van der Waals surface area contributed by atoms with Crippen LogP contribution in [0.2, 0.25) is 0 Å². The van der Waals surface area contributed by atoms with Gasteiger partial charge in [0.25, 0.3) is 5.91 Å². The van der Waals surface area contributed by atoms with Crippen molar-refractivity contribution in [3.05, 3.63) is 65.7 Å². The standard InChI is InChI=1S/C17H13FN6OS/c1-23-8-7-14(21-23)19-17(25)15-20-16(13-6-3-9-26-13)24(22-15)12-5-2-4-11(18)10-12/h2-10H,1H3,(H,19,21,25). The van der Waals surface area contributed by atoms with Gasteiger partial charge in [-0.25, -0.2) is 14.1 Å². The van der Waals surface area contributed by atoms with E-state index in [4.69, 9.17) is 0 Å². The molecule has 130 valence electrons. The molecule has 0 atom stereocenters. The van der Waals surface area contributed by atoms with Crippen LogP contribution >= 0.6 is 11.3 Å². The zero-order valence-corrected chi connectivity index (χ0v) is 14.4. The van der Waals surface area contributed by atoms with Crippen molar-refractivity contribution in [2.45, 2.75) is 0 Å². The van der Waals surface area contributed by atoms with Gasteiger partial charge in [0.2, 0.25) is 5.82 Å². The average molecular weight is 368 g/mol. The summed E-state index contributed by atoms with van der Waals surface area (Å²) in [6.07, 6.45) is 1.71. The third-order valence-electron chi connectivity index (χ3n) is 3.56. The number of nitrogens with zero attached hydrogens (tertiary/aromatic N) is 5. The van der Waals surface area contributed by atoms with Crippen molar-refractivity contribution in [2.24, 2.45) is 7.05 Å². The SMILES string of the molecule is Cn1ccc(NC(=O)c2nc(-c3cccs3)n(-c3cccc(F)c3)n2)n1. The van der Waals surface area contributed by atoms with E-state index in [1.54, 1.807) is 36.1 Å². The van der Waals surface area contributed by atoms with Crippen molar-refractivity contribution in [2.75, 3.05) is 5.32 Å². The number of rotatable bonds is 4. The molecule has 3 heterocycles. The fourth-order valence-corrected chi connectivity index (χ4v) is 3.11. The molecule has 0 aliphatic carbocycles. The predicted molar refractivity (Wildman–Crippen MR) is 95.8 cm³/mol. The zero-order chi connectivity index (χ0) is 18.1. The molecular weight excluding hydrogens is 355 g/mol. The number of aromatic nitrogens is 5. The number of amides is 1. The number of thiophene rings is 1. The highest BCUT2D eigenvalue weighted by Crippen LogP contribution is 2.26. The van der Waals surface area contributed by atoms with E-state index in [-0.39, 0.29) is 5.82 Å². The van der Waals surface area contributed by atoms with E-state index < -0.39 is 11.7 Å². The van der Waals surface area contributed by atoms with Crippen LogP contribution in [0.5, 0.6) is 0 Å². The van der Waals surface area contributed by atoms with Crippen molar-refractivity contribution in [3.63, 3.8) is 0 Å². The second-order valence-electron chi connectivity index (χ2n) is 5.46. The maximum atomic E-state index is 13.6. The van der Waals surface area contributed by atoms with Gasteiger partial charge in [0.05, 0.1) is 10.6 Å². The van der Waals surface area contributed by atoms with Crippen LogP contribution in [0.3, 0.4) is 0 Å². The van der Waals surface area contributed by atoms with Gasteiger partial charge in [-0.2, -0.15) is 5.10 Å². The topological polar surface area (TPSA) is 77.6 Å². The number of anilines is 1. The Bertz CT molecular complexity index is 1070. The molecule has 0 aliphatic heterocycles. The van der Waals surface area contributed by atoms with Gasteiger partial charge in [-0.3, -0.25) is 9.48 Å². The van der Waals surface area contributed by atoms with Crippen LogP contribution < -0.4 is 5.32 Å². The first-order valence-electron chi connectivity index (χ1n) is 7.68. The average Bonchev–Trinajstić information content (AvgIpc) is 3.34. The Labute approximate surface area is 151 Å². The number of halogens is 1. The van der Waals surface area contributed by atoms with Crippen molar-refractivity contribution in [1.82, 2.24) is 24.5 Å². The molecule has 7 nitrogen and oxygen atoms in total. The number of benzene rings is 1. The van der Waals surface area contributed by atoms with Gasteiger partial charge >= 0.3 is 0 Å². The molecule has 0 fully saturated rings. The second kappa shape index (κ2) is 6.52. The summed E-state index contributed by atoms with van der Waals surface area (Å²) in [5, 5.41) is 12.9. The fraction of sp³-hybridized carbons (Fsp3) is 0.0588. The monoisotopic (exact) mass is 368 g/mol. The maximum Gasteiger partial charge on any atom is 0.296 e. The van der Waals surface area contributed by atoms with E-state index in [1.807, 2.05) is 17.5 Å². The molecule has 0 aliphatic rings. The van der Waals surface area contributed by atoms with Crippen molar-refractivity contribution in [1.29, 1.82) is 0 Å². The Morgan fingerprint density at radius 3 is 2.77 bits per heavy atom. The van der Waals surface area contributed by atoms with Gasteiger partial charge in [-0.15, -0.1) is 16.4 Å². The molecule has 0 unspecified atom stereocenters. The van der Waals surface area contributed by atoms with E-state index in [9.17, 15) is 9.18 Å². The molecule has 0 radical (unpaired) electrons. The van der Waals surface area contributed by atoms with Gasteiger partial charge in [-0.05, 0) is 29.6 Å². The van der Waals surface area contributed by atoms with Gasteiger partial charge < -0.3 is 5.32 Å². The Balaban J connectivity index is 1.75. The van der Waals surface area contributed by atoms with Gasteiger partial charge in [-0.1, -0.05) is 12.1 Å². The van der Waals surface area contributed by atoms with Crippen LogP contribution in [0.15, 0.2) is 54.0 Å². The minimum Gasteiger partial charge on any atom is -0.302 e. The molecule has 1 N–H and O–H groups in total. The molecule has 4 rings (SSSR count). The van der Waals surface area contributed by atoms with E-state index in [0.717, 1.165) is 4.88 Å². The van der Waals surface area contributed by atoms with Gasteiger partial charge in [0.15, 0.2) is 11.6 Å². The third kappa shape index (κ3) is 3.11. The number of aryl methyl sites for hydroxylation is 1. The third-order valence-corrected chi connectivity index (χ3v) is 4.43. The van der Waals surface area contributed by atoms with Crippen molar-refractivity contribution in [3.8, 4) is 16.4 Å². The summed E-state index contributed by atoms with van der Waals surface area (Å²) in [6, 6.07) is 11.4. The first-order valence-corrected chi connectivity index (χ1v) is 8.56. The lowest BCUT2D eigenvalue weighted by Crippen LogP contribution is -2.14. The fourth-order valence-electron chi connectivity index (χ4n) is 2.42. The van der Waals surface area contributed by atoms with Crippen LogP contribution in [0, 0.1) is 5.82 Å². The number of hydrogen-bond acceptors (Lipinski definition) is 5. The largest absolute Gasteiger partial charge is 0.302 e. The summed E-state index contributed by atoms with van der Waals surface area (Å²) in [4.78, 5) is 17.7. The number of nitrogens with one attached hydrogen (secondary N) is 1. The van der Waals surface area contributed by atoms with Crippen molar-refractivity contribution < 1.29 is 9.18 Å². The molecule has 0 bridgehead atoms. The quantitative estimate of drug-likeness (QED) is 0.600. The lowest BCUT2D eigenvalue weighted by atomic mass is 10.3. The highest BCUT2D eigenvalue weighted by Gasteiger charge is 2.20. The minimum absolute atomic E-state index is 0.0247. The van der Waals surface area contributed by atoms with E-state index >= 15 is 0 Å². The molecule has 3 aromatic heterocycles. The molecule has 9 heteroatoms. The van der Waals surface area contributed by atoms with Crippen LogP contribution in [0.25, 0.3) is 16.4 Å². The highest BCUT2D eigenvalue weighted by molar-refractivity contribution is 7.13. The normalized spacial score (nSPS) is 10.8. The summed E-state index contributed by atoms with van der Waals surface area (Å²) in [7, 11) is 1.75. The first kappa shape index (κ1) is 16.2. The van der Waals surface area contributed by atoms with Crippen molar-refractivity contribution >= 4 is 23.1 Å². The first-order chi connectivity index (χ1) is 12.6. The van der Waals surface area contributed by atoms with Crippen LogP contribution in [0.4, 0.5) is 10.2 Å². The van der Waals surface area contributed by atoms with Gasteiger partial charge in [0, 0.05) is 19.3 Å². The number of hydrogen-bond donors (Lipinski definition) is 1. The summed E-state index contributed by atoms with van der Waals surface area (Å²) < 4.78 is 16.7. The Kier molecular flexibility index (Phi) is 4.05. The second-order valence-corrected chi connectivity index (χ2v) is 6.40. The van der Waals surface area contributed by atoms with E-state index in [1.165, 1.54) is 28.2 Å². The number of carbonyl (C=O) groups excluding carboxylic acids is 1. The maximum absolute atomic E-state index is 13.6. The lowest BCUT2D eigenvalue weighted by Gasteiger charge is -2.04. The lowest BCUT2D eigenvalue weighted by molar-refractivity contribution is 0.101. The molecule has 1 amide bonds. The Hall–Kier alpha value is -3.33. The Morgan fingerprint density at radius 1 is 1.19 bits per heavy atom. The zero-order valence-electron chi connectivity index (χ0n) is 13.6. The molecule has 0 spiro atoms. The van der Waals surface area contributed by atoms with Crippen LogP contribution in [-0.2, 0) is 7.05 Å². The van der Waals surface area contributed by atoms with Crippen LogP contribution in [-0.4, -0.2) is 30.5 Å². The molecule has 1 aromatic carbocycles. The molecule has 0 saturated heterocycles. The smallest absolute Gasteiger partial charge is 0.296 e. The van der Waals surface area contributed by atoms with E-state index in [2.05, 4.69) is 20.5 Å². The molecular formula is C17H13FN6OS. The summed E-state index contributed by atoms with van der Waals surface area (Å²) in [6.45, 7) is 0. The Morgan fingerprint density at radius 2 is 2.08 bits per heavy atom. The van der Waals surface area contributed by atoms with Gasteiger partial charge in [0.1, 0.15) is 5.82 Å². The van der Waals surface area contributed by atoms with E-state index in [0.29, 0.717) is 17.3 Å². The highest BCUT2D eigenvalue weighted by atomic mass is 32.1.